The number of hydrogen-bond acceptors (Lipinski definition) is 1. The standard InChI is InChI=1S/C13H8BrClFNO/c14-10-4-2-1-3-9(10)13(18)17-12-7-8(15)5-6-11(12)16/h1-7H,(H,17,18). The van der Waals surface area contributed by atoms with Gasteiger partial charge in [0.15, 0.2) is 0 Å². The van der Waals surface area contributed by atoms with E-state index in [2.05, 4.69) is 21.2 Å². The first-order valence-electron chi connectivity index (χ1n) is 5.09. The molecule has 0 spiro atoms. The molecule has 0 aliphatic rings. The predicted octanol–water partition coefficient (Wildman–Crippen LogP) is 4.49. The summed E-state index contributed by atoms with van der Waals surface area (Å²) in [7, 11) is 0. The van der Waals surface area contributed by atoms with Gasteiger partial charge in [0.05, 0.1) is 11.3 Å². The summed E-state index contributed by atoms with van der Waals surface area (Å²) < 4.78 is 14.1. The smallest absolute Gasteiger partial charge is 0.256 e. The Hall–Kier alpha value is -1.39. The molecule has 2 rings (SSSR count). The number of anilines is 1. The van der Waals surface area contributed by atoms with Gasteiger partial charge in [0.1, 0.15) is 5.82 Å². The number of hydrogen-bond donors (Lipinski definition) is 1. The van der Waals surface area contributed by atoms with Crippen LogP contribution in [0.15, 0.2) is 46.9 Å². The van der Waals surface area contributed by atoms with Crippen molar-refractivity contribution in [2.24, 2.45) is 0 Å². The number of halogens is 3. The molecule has 0 radical (unpaired) electrons. The summed E-state index contributed by atoms with van der Waals surface area (Å²) in [4.78, 5) is 11.9. The van der Waals surface area contributed by atoms with Crippen LogP contribution >= 0.6 is 27.5 Å². The highest BCUT2D eigenvalue weighted by Gasteiger charge is 2.12. The van der Waals surface area contributed by atoms with Crippen molar-refractivity contribution in [3.05, 3.63) is 63.3 Å². The van der Waals surface area contributed by atoms with Gasteiger partial charge in [0, 0.05) is 9.50 Å². The summed E-state index contributed by atoms with van der Waals surface area (Å²) in [5.74, 6) is -0.927. The van der Waals surface area contributed by atoms with Gasteiger partial charge in [-0.2, -0.15) is 0 Å². The Morgan fingerprint density at radius 3 is 2.67 bits per heavy atom. The third kappa shape index (κ3) is 2.89. The lowest BCUT2D eigenvalue weighted by Crippen LogP contribution is -2.13. The summed E-state index contributed by atoms with van der Waals surface area (Å²) >= 11 is 9.01. The first-order chi connectivity index (χ1) is 8.58. The third-order valence-electron chi connectivity index (χ3n) is 2.30. The molecule has 0 fully saturated rings. The lowest BCUT2D eigenvalue weighted by atomic mass is 10.2. The van der Waals surface area contributed by atoms with Crippen molar-refractivity contribution < 1.29 is 9.18 Å². The number of benzene rings is 2. The highest BCUT2D eigenvalue weighted by molar-refractivity contribution is 9.10. The van der Waals surface area contributed by atoms with E-state index in [1.54, 1.807) is 24.3 Å². The molecule has 0 heterocycles. The molecular formula is C13H8BrClFNO. The summed E-state index contributed by atoms with van der Waals surface area (Å²) in [5.41, 5.74) is 0.486. The van der Waals surface area contributed by atoms with Gasteiger partial charge in [-0.15, -0.1) is 0 Å². The average molecular weight is 329 g/mol. The molecule has 0 unspecified atom stereocenters. The Balaban J connectivity index is 2.27. The minimum atomic E-state index is -0.528. The maximum Gasteiger partial charge on any atom is 0.256 e. The number of amides is 1. The predicted molar refractivity (Wildman–Crippen MR) is 73.5 cm³/mol. The molecule has 1 amide bonds. The molecule has 0 saturated carbocycles. The van der Waals surface area contributed by atoms with Gasteiger partial charge in [-0.3, -0.25) is 4.79 Å². The molecule has 0 bridgehead atoms. The second kappa shape index (κ2) is 5.50. The van der Waals surface area contributed by atoms with Crippen molar-refractivity contribution in [3.8, 4) is 0 Å². The Kier molecular flexibility index (Phi) is 3.99. The van der Waals surface area contributed by atoms with Gasteiger partial charge in [0.2, 0.25) is 0 Å². The highest BCUT2D eigenvalue weighted by atomic mass is 79.9. The first kappa shape index (κ1) is 13.1. The van der Waals surface area contributed by atoms with Crippen LogP contribution in [0.4, 0.5) is 10.1 Å². The monoisotopic (exact) mass is 327 g/mol. The van der Waals surface area contributed by atoms with E-state index in [9.17, 15) is 9.18 Å². The van der Waals surface area contributed by atoms with Gasteiger partial charge in [-0.1, -0.05) is 23.7 Å². The van der Waals surface area contributed by atoms with Crippen molar-refractivity contribution in [2.75, 3.05) is 5.32 Å². The molecule has 0 aromatic heterocycles. The highest BCUT2D eigenvalue weighted by Crippen LogP contribution is 2.22. The van der Waals surface area contributed by atoms with E-state index in [4.69, 9.17) is 11.6 Å². The van der Waals surface area contributed by atoms with Crippen LogP contribution in [0.1, 0.15) is 10.4 Å². The molecule has 0 aliphatic carbocycles. The van der Waals surface area contributed by atoms with Gasteiger partial charge in [-0.25, -0.2) is 4.39 Å². The van der Waals surface area contributed by atoms with E-state index in [0.717, 1.165) is 0 Å². The van der Waals surface area contributed by atoms with Crippen LogP contribution in [-0.4, -0.2) is 5.91 Å². The fraction of sp³-hybridized carbons (Fsp3) is 0. The van der Waals surface area contributed by atoms with E-state index in [0.29, 0.717) is 15.1 Å². The topological polar surface area (TPSA) is 29.1 Å². The molecule has 0 aliphatic heterocycles. The van der Waals surface area contributed by atoms with Crippen molar-refractivity contribution >= 4 is 39.1 Å². The second-order valence-corrected chi connectivity index (χ2v) is 4.85. The number of nitrogens with one attached hydrogen (secondary N) is 1. The summed E-state index contributed by atoms with van der Waals surface area (Å²) in [6.45, 7) is 0. The maximum absolute atomic E-state index is 13.5. The van der Waals surface area contributed by atoms with E-state index < -0.39 is 11.7 Å². The largest absolute Gasteiger partial charge is 0.319 e. The molecule has 92 valence electrons. The first-order valence-corrected chi connectivity index (χ1v) is 6.26. The molecule has 18 heavy (non-hydrogen) atoms. The zero-order valence-electron chi connectivity index (χ0n) is 9.08. The lowest BCUT2D eigenvalue weighted by Gasteiger charge is -2.08. The minimum Gasteiger partial charge on any atom is -0.319 e. The van der Waals surface area contributed by atoms with Crippen LogP contribution < -0.4 is 5.32 Å². The fourth-order valence-electron chi connectivity index (χ4n) is 1.43. The van der Waals surface area contributed by atoms with Crippen molar-refractivity contribution in [3.63, 3.8) is 0 Å². The van der Waals surface area contributed by atoms with Gasteiger partial charge >= 0.3 is 0 Å². The van der Waals surface area contributed by atoms with Crippen LogP contribution in [0.3, 0.4) is 0 Å². The van der Waals surface area contributed by atoms with Crippen LogP contribution in [-0.2, 0) is 0 Å². The van der Waals surface area contributed by atoms with Crippen LogP contribution in [0.5, 0.6) is 0 Å². The third-order valence-corrected chi connectivity index (χ3v) is 3.22. The van der Waals surface area contributed by atoms with E-state index in [1.807, 2.05) is 0 Å². The number of carbonyl (C=O) groups excluding carboxylic acids is 1. The summed E-state index contributed by atoms with van der Waals surface area (Å²) in [6, 6.07) is 10.9. The average Bonchev–Trinajstić information content (AvgIpc) is 2.34. The maximum atomic E-state index is 13.5. The van der Waals surface area contributed by atoms with Crippen LogP contribution in [0, 0.1) is 5.82 Å². The van der Waals surface area contributed by atoms with E-state index in [1.165, 1.54) is 18.2 Å². The number of carbonyl (C=O) groups is 1. The normalized spacial score (nSPS) is 10.2. The quantitative estimate of drug-likeness (QED) is 0.864. The van der Waals surface area contributed by atoms with Crippen LogP contribution in [0.2, 0.25) is 5.02 Å². The zero-order valence-corrected chi connectivity index (χ0v) is 11.4. The molecule has 2 aromatic carbocycles. The fourth-order valence-corrected chi connectivity index (χ4v) is 2.07. The summed E-state index contributed by atoms with van der Waals surface area (Å²) in [6.07, 6.45) is 0. The SMILES string of the molecule is O=C(Nc1cc(Cl)ccc1F)c1ccccc1Br. The van der Waals surface area contributed by atoms with E-state index in [-0.39, 0.29) is 5.69 Å². The Bertz CT molecular complexity index is 603. The number of rotatable bonds is 2. The van der Waals surface area contributed by atoms with Crippen molar-refractivity contribution in [2.45, 2.75) is 0 Å². The van der Waals surface area contributed by atoms with Crippen LogP contribution in [0.25, 0.3) is 0 Å². The zero-order chi connectivity index (χ0) is 13.1. The lowest BCUT2D eigenvalue weighted by molar-refractivity contribution is 0.102. The molecule has 1 N–H and O–H groups in total. The summed E-state index contributed by atoms with van der Waals surface area (Å²) in [5, 5.41) is 2.84. The van der Waals surface area contributed by atoms with Gasteiger partial charge < -0.3 is 5.32 Å². The minimum absolute atomic E-state index is 0.0586. The van der Waals surface area contributed by atoms with Gasteiger partial charge in [-0.05, 0) is 46.3 Å². The van der Waals surface area contributed by atoms with E-state index >= 15 is 0 Å². The molecular weight excluding hydrogens is 321 g/mol. The molecule has 5 heteroatoms. The molecule has 2 nitrogen and oxygen atoms in total. The van der Waals surface area contributed by atoms with Gasteiger partial charge in [0.25, 0.3) is 5.91 Å². The Morgan fingerprint density at radius 1 is 1.22 bits per heavy atom. The van der Waals surface area contributed by atoms with Crippen molar-refractivity contribution in [1.82, 2.24) is 0 Å². The molecule has 0 saturated heterocycles. The second-order valence-electron chi connectivity index (χ2n) is 3.56. The Morgan fingerprint density at radius 2 is 1.94 bits per heavy atom. The molecule has 2 aromatic rings. The molecule has 0 atom stereocenters. The van der Waals surface area contributed by atoms with Crippen molar-refractivity contribution in [1.29, 1.82) is 0 Å². The Labute approximate surface area is 117 Å².